The number of rotatable bonds is 9. The predicted molar refractivity (Wildman–Crippen MR) is 106 cm³/mol. The van der Waals surface area contributed by atoms with Crippen LogP contribution in [0.3, 0.4) is 0 Å². The molecule has 25 heavy (non-hydrogen) atoms. The third-order valence-electron chi connectivity index (χ3n) is 4.62. The van der Waals surface area contributed by atoms with E-state index in [1.165, 1.54) is 5.56 Å². The van der Waals surface area contributed by atoms with Gasteiger partial charge >= 0.3 is 0 Å². The number of benzene rings is 2. The largest absolute Gasteiger partial charge is 0.467 e. The van der Waals surface area contributed by atoms with Gasteiger partial charge in [-0.05, 0) is 31.1 Å². The highest BCUT2D eigenvalue weighted by atomic mass is 31.1. The molecule has 0 radical (unpaired) electrons. The molecule has 134 valence electrons. The van der Waals surface area contributed by atoms with E-state index in [0.717, 1.165) is 29.5 Å². The second-order valence-electron chi connectivity index (χ2n) is 6.06. The number of hydrogen-bond donors (Lipinski definition) is 0. The molecule has 0 aliphatic heterocycles. The Kier molecular flexibility index (Phi) is 7.16. The normalized spacial score (nSPS) is 11.8. The average Bonchev–Trinajstić information content (AvgIpc) is 2.65. The molecule has 3 nitrogen and oxygen atoms in total. The first-order chi connectivity index (χ1) is 12.1. The lowest BCUT2D eigenvalue weighted by Crippen LogP contribution is -2.24. The van der Waals surface area contributed by atoms with Crippen molar-refractivity contribution in [1.82, 2.24) is 0 Å². The number of carbonyl (C=O) groups excluding carboxylic acids is 1. The molecule has 0 spiro atoms. The van der Waals surface area contributed by atoms with E-state index in [9.17, 15) is 4.79 Å². The van der Waals surface area contributed by atoms with E-state index < -0.39 is 0 Å². The summed E-state index contributed by atoms with van der Waals surface area (Å²) in [6, 6.07) is 16.1. The molecule has 2 aromatic carbocycles. The zero-order valence-electron chi connectivity index (χ0n) is 15.5. The van der Waals surface area contributed by atoms with Crippen LogP contribution >= 0.6 is 8.58 Å². The smallest absolute Gasteiger partial charge is 0.188 e. The van der Waals surface area contributed by atoms with Gasteiger partial charge in [-0.25, -0.2) is 0 Å². The fraction of sp³-hybridized carbons (Fsp3) is 0.381. The third-order valence-corrected chi connectivity index (χ3v) is 6.78. The molecule has 0 aliphatic rings. The number of ketones is 1. The molecule has 0 heterocycles. The number of Topliss-reactive ketones (excluding diaryl/α,β-unsaturated/α-hetero) is 1. The van der Waals surface area contributed by atoms with Gasteiger partial charge in [0, 0.05) is 23.4 Å². The van der Waals surface area contributed by atoms with Gasteiger partial charge in [0.2, 0.25) is 0 Å². The maximum atomic E-state index is 12.0. The average molecular weight is 358 g/mol. The first kappa shape index (κ1) is 19.6. The van der Waals surface area contributed by atoms with Gasteiger partial charge < -0.3 is 9.47 Å². The van der Waals surface area contributed by atoms with Crippen LogP contribution in [0.4, 0.5) is 0 Å². The van der Waals surface area contributed by atoms with Crippen molar-refractivity contribution in [2.24, 2.45) is 0 Å². The molecular weight excluding hydrogens is 331 g/mol. The Balaban J connectivity index is 2.48. The molecule has 1 atom stereocenters. The van der Waals surface area contributed by atoms with Crippen molar-refractivity contribution in [2.75, 3.05) is 13.9 Å². The van der Waals surface area contributed by atoms with Crippen LogP contribution in [0.2, 0.25) is 0 Å². The SMILES string of the molecule is CCC(CC)(Pc1ccccc1C(C)=O)c1ccccc1OCOC. The third kappa shape index (κ3) is 4.48. The maximum absolute atomic E-state index is 12.0. The Bertz CT molecular complexity index is 708. The van der Waals surface area contributed by atoms with E-state index in [0.29, 0.717) is 8.58 Å². The number of hydrogen-bond acceptors (Lipinski definition) is 3. The predicted octanol–water partition coefficient (Wildman–Crippen LogP) is 4.89. The van der Waals surface area contributed by atoms with Crippen LogP contribution in [0.25, 0.3) is 0 Å². The maximum Gasteiger partial charge on any atom is 0.188 e. The Morgan fingerprint density at radius 3 is 2.32 bits per heavy atom. The van der Waals surface area contributed by atoms with Gasteiger partial charge in [-0.1, -0.05) is 64.9 Å². The number of ether oxygens (including phenoxy) is 2. The lowest BCUT2D eigenvalue weighted by Gasteiger charge is -2.34. The second kappa shape index (κ2) is 9.12. The summed E-state index contributed by atoms with van der Waals surface area (Å²) >= 11 is 0. The fourth-order valence-corrected chi connectivity index (χ4v) is 4.93. The van der Waals surface area contributed by atoms with Crippen molar-refractivity contribution in [1.29, 1.82) is 0 Å². The summed E-state index contributed by atoms with van der Waals surface area (Å²) in [5, 5.41) is 1.07. The molecule has 0 aromatic heterocycles. The highest BCUT2D eigenvalue weighted by molar-refractivity contribution is 7.48. The van der Waals surface area contributed by atoms with E-state index in [-0.39, 0.29) is 17.7 Å². The molecule has 2 rings (SSSR count). The summed E-state index contributed by atoms with van der Waals surface area (Å²) < 4.78 is 10.9. The van der Waals surface area contributed by atoms with Gasteiger partial charge in [0.05, 0.1) is 0 Å². The number of carbonyl (C=O) groups is 1. The Morgan fingerprint density at radius 2 is 1.68 bits per heavy atom. The van der Waals surface area contributed by atoms with Crippen LogP contribution in [0, 0.1) is 0 Å². The monoisotopic (exact) mass is 358 g/mol. The Morgan fingerprint density at radius 1 is 1.04 bits per heavy atom. The molecule has 2 aromatic rings. The van der Waals surface area contributed by atoms with E-state index in [1.54, 1.807) is 14.0 Å². The Labute approximate surface area is 152 Å². The van der Waals surface area contributed by atoms with Crippen molar-refractivity contribution in [2.45, 2.75) is 38.8 Å². The molecular formula is C21H27O3P. The van der Waals surface area contributed by atoms with Gasteiger partial charge in [-0.2, -0.15) is 0 Å². The minimum Gasteiger partial charge on any atom is -0.467 e. The zero-order chi connectivity index (χ0) is 18.3. The second-order valence-corrected chi connectivity index (χ2v) is 7.81. The zero-order valence-corrected chi connectivity index (χ0v) is 16.5. The highest BCUT2D eigenvalue weighted by Crippen LogP contribution is 2.50. The van der Waals surface area contributed by atoms with Crippen LogP contribution in [0.5, 0.6) is 5.75 Å². The molecule has 0 saturated heterocycles. The van der Waals surface area contributed by atoms with Crippen LogP contribution in [-0.2, 0) is 9.89 Å². The van der Waals surface area contributed by atoms with Crippen molar-refractivity contribution in [3.8, 4) is 5.75 Å². The molecule has 4 heteroatoms. The van der Waals surface area contributed by atoms with Crippen LogP contribution in [0.15, 0.2) is 48.5 Å². The number of para-hydroxylation sites is 1. The van der Waals surface area contributed by atoms with Gasteiger partial charge in [-0.15, -0.1) is 0 Å². The van der Waals surface area contributed by atoms with E-state index >= 15 is 0 Å². The van der Waals surface area contributed by atoms with Crippen molar-refractivity contribution in [3.63, 3.8) is 0 Å². The summed E-state index contributed by atoms with van der Waals surface area (Å²) in [5.41, 5.74) is 2.01. The highest BCUT2D eigenvalue weighted by Gasteiger charge is 2.32. The van der Waals surface area contributed by atoms with Crippen molar-refractivity contribution < 1.29 is 14.3 Å². The van der Waals surface area contributed by atoms with E-state index in [2.05, 4.69) is 32.0 Å². The first-order valence-electron chi connectivity index (χ1n) is 8.67. The lowest BCUT2D eigenvalue weighted by atomic mass is 9.92. The van der Waals surface area contributed by atoms with Crippen LogP contribution in [-0.4, -0.2) is 19.7 Å². The van der Waals surface area contributed by atoms with Gasteiger partial charge in [0.15, 0.2) is 12.6 Å². The molecule has 0 bridgehead atoms. The lowest BCUT2D eigenvalue weighted by molar-refractivity contribution is 0.0499. The Hall–Kier alpha value is -1.70. The minimum atomic E-state index is -0.0596. The summed E-state index contributed by atoms with van der Waals surface area (Å²) in [7, 11) is 2.12. The first-order valence-corrected chi connectivity index (χ1v) is 9.67. The molecule has 0 fully saturated rings. The van der Waals surface area contributed by atoms with Gasteiger partial charge in [0.1, 0.15) is 5.75 Å². The van der Waals surface area contributed by atoms with Gasteiger partial charge in [0.25, 0.3) is 0 Å². The summed E-state index contributed by atoms with van der Waals surface area (Å²) in [5.74, 6) is 0.981. The molecule has 0 amide bonds. The number of methoxy groups -OCH3 is 1. The molecule has 0 aliphatic carbocycles. The standard InChI is InChI=1S/C21H27O3P/c1-5-21(6-2,18-12-8-9-13-19(18)24-15-23-4)25-20-14-10-7-11-17(20)16(3)22/h7-14,25H,5-6,15H2,1-4H3. The van der Waals surface area contributed by atoms with E-state index in [1.807, 2.05) is 30.3 Å². The molecule has 1 unspecified atom stereocenters. The molecule has 0 saturated carbocycles. The summed E-state index contributed by atoms with van der Waals surface area (Å²) in [6.07, 6.45) is 1.95. The van der Waals surface area contributed by atoms with E-state index in [4.69, 9.17) is 9.47 Å². The van der Waals surface area contributed by atoms with Crippen LogP contribution in [0.1, 0.15) is 49.5 Å². The summed E-state index contributed by atoms with van der Waals surface area (Å²) in [4.78, 5) is 12.0. The minimum absolute atomic E-state index is 0.0596. The fourth-order valence-electron chi connectivity index (χ4n) is 3.14. The topological polar surface area (TPSA) is 35.5 Å². The van der Waals surface area contributed by atoms with Gasteiger partial charge in [-0.3, -0.25) is 4.79 Å². The summed E-state index contributed by atoms with van der Waals surface area (Å²) in [6.45, 7) is 6.28. The van der Waals surface area contributed by atoms with Crippen LogP contribution < -0.4 is 10.0 Å². The quantitative estimate of drug-likeness (QED) is 0.364. The van der Waals surface area contributed by atoms with Crippen molar-refractivity contribution in [3.05, 3.63) is 59.7 Å². The molecule has 0 N–H and O–H groups in total. The van der Waals surface area contributed by atoms with Crippen molar-refractivity contribution >= 4 is 19.7 Å².